The van der Waals surface area contributed by atoms with E-state index in [-0.39, 0.29) is 5.91 Å². The van der Waals surface area contributed by atoms with Crippen molar-refractivity contribution in [3.63, 3.8) is 0 Å². The van der Waals surface area contributed by atoms with Crippen LogP contribution in [0.15, 0.2) is 60.1 Å². The zero-order valence-corrected chi connectivity index (χ0v) is 13.4. The molecule has 0 N–H and O–H groups in total. The maximum Gasteiger partial charge on any atom is 0.254 e. The molecule has 2 heterocycles. The molecule has 0 bridgehead atoms. The van der Waals surface area contributed by atoms with Gasteiger partial charge in [0.15, 0.2) is 0 Å². The number of nitrogens with zero attached hydrogens (tertiary/aromatic N) is 2. The highest BCUT2D eigenvalue weighted by Gasteiger charge is 2.19. The number of fused-ring (bicyclic) bond motifs is 1. The molecular formula is C19H16N2OS. The Morgan fingerprint density at radius 1 is 1.13 bits per heavy atom. The molecule has 114 valence electrons. The van der Waals surface area contributed by atoms with E-state index < -0.39 is 0 Å². The quantitative estimate of drug-likeness (QED) is 0.708. The van der Waals surface area contributed by atoms with Crippen LogP contribution in [0.3, 0.4) is 0 Å². The molecule has 0 saturated carbocycles. The Bertz CT molecular complexity index is 883. The van der Waals surface area contributed by atoms with Crippen LogP contribution in [0.2, 0.25) is 0 Å². The SMILES string of the molecule is O=C(c1ccc2ncsc2c1)N1CC=C(c2ccccc2)CC1. The molecule has 4 heteroatoms. The zero-order chi connectivity index (χ0) is 15.6. The Balaban J connectivity index is 1.53. The van der Waals surface area contributed by atoms with Crippen molar-refractivity contribution in [1.82, 2.24) is 9.88 Å². The Labute approximate surface area is 138 Å². The molecule has 0 fully saturated rings. The number of benzene rings is 2. The topological polar surface area (TPSA) is 33.2 Å². The third-order valence-electron chi connectivity index (χ3n) is 4.22. The number of hydrogen-bond acceptors (Lipinski definition) is 3. The molecule has 1 amide bonds. The number of rotatable bonds is 2. The van der Waals surface area contributed by atoms with Crippen LogP contribution in [-0.2, 0) is 0 Å². The molecule has 2 aromatic carbocycles. The minimum atomic E-state index is 0.101. The average molecular weight is 320 g/mol. The Morgan fingerprint density at radius 2 is 2.00 bits per heavy atom. The van der Waals surface area contributed by atoms with Crippen molar-refractivity contribution in [1.29, 1.82) is 0 Å². The van der Waals surface area contributed by atoms with Crippen LogP contribution in [0.25, 0.3) is 15.8 Å². The summed E-state index contributed by atoms with van der Waals surface area (Å²) in [6.07, 6.45) is 3.07. The van der Waals surface area contributed by atoms with E-state index in [1.807, 2.05) is 34.7 Å². The van der Waals surface area contributed by atoms with E-state index in [4.69, 9.17) is 0 Å². The van der Waals surface area contributed by atoms with Gasteiger partial charge in [-0.1, -0.05) is 36.4 Å². The van der Waals surface area contributed by atoms with Gasteiger partial charge in [-0.3, -0.25) is 4.79 Å². The van der Waals surface area contributed by atoms with Crippen molar-refractivity contribution in [3.8, 4) is 0 Å². The summed E-state index contributed by atoms with van der Waals surface area (Å²) in [6, 6.07) is 16.1. The van der Waals surface area contributed by atoms with Gasteiger partial charge in [0.05, 0.1) is 15.7 Å². The molecule has 0 aliphatic carbocycles. The number of aromatic nitrogens is 1. The summed E-state index contributed by atoms with van der Waals surface area (Å²) in [5, 5.41) is 0. The molecule has 0 unspecified atom stereocenters. The smallest absolute Gasteiger partial charge is 0.254 e. The maximum absolute atomic E-state index is 12.7. The predicted molar refractivity (Wildman–Crippen MR) is 94.6 cm³/mol. The van der Waals surface area contributed by atoms with Crippen LogP contribution in [-0.4, -0.2) is 28.9 Å². The van der Waals surface area contributed by atoms with Gasteiger partial charge in [0.1, 0.15) is 0 Å². The summed E-state index contributed by atoms with van der Waals surface area (Å²) in [4.78, 5) is 18.9. The second-order valence-electron chi connectivity index (χ2n) is 5.63. The maximum atomic E-state index is 12.7. The summed E-state index contributed by atoms with van der Waals surface area (Å²) in [6.45, 7) is 1.43. The van der Waals surface area contributed by atoms with E-state index in [1.165, 1.54) is 11.1 Å². The van der Waals surface area contributed by atoms with Crippen LogP contribution >= 0.6 is 11.3 Å². The lowest BCUT2D eigenvalue weighted by Crippen LogP contribution is -2.34. The first kappa shape index (κ1) is 14.2. The van der Waals surface area contributed by atoms with Gasteiger partial charge in [0, 0.05) is 18.7 Å². The highest BCUT2D eigenvalue weighted by atomic mass is 32.1. The molecule has 0 atom stereocenters. The molecule has 3 aromatic rings. The fourth-order valence-electron chi connectivity index (χ4n) is 2.94. The van der Waals surface area contributed by atoms with Crippen LogP contribution in [0.4, 0.5) is 0 Å². The average Bonchev–Trinajstić information content (AvgIpc) is 3.10. The molecule has 1 aliphatic rings. The summed E-state index contributed by atoms with van der Waals surface area (Å²) in [5.74, 6) is 0.101. The van der Waals surface area contributed by atoms with E-state index in [2.05, 4.69) is 35.3 Å². The van der Waals surface area contributed by atoms with Gasteiger partial charge in [0.2, 0.25) is 0 Å². The van der Waals surface area contributed by atoms with Crippen LogP contribution < -0.4 is 0 Å². The predicted octanol–water partition coefficient (Wildman–Crippen LogP) is 4.23. The van der Waals surface area contributed by atoms with Crippen molar-refractivity contribution in [2.24, 2.45) is 0 Å². The largest absolute Gasteiger partial charge is 0.335 e. The molecular weight excluding hydrogens is 304 g/mol. The summed E-state index contributed by atoms with van der Waals surface area (Å²) >= 11 is 1.57. The molecule has 4 rings (SSSR count). The summed E-state index contributed by atoms with van der Waals surface area (Å²) < 4.78 is 1.06. The van der Waals surface area contributed by atoms with Gasteiger partial charge in [-0.25, -0.2) is 4.98 Å². The second-order valence-corrected chi connectivity index (χ2v) is 6.52. The first-order valence-corrected chi connectivity index (χ1v) is 8.56. The lowest BCUT2D eigenvalue weighted by Gasteiger charge is -2.26. The van der Waals surface area contributed by atoms with Gasteiger partial charge in [-0.05, 0) is 35.8 Å². The third-order valence-corrected chi connectivity index (χ3v) is 5.01. The van der Waals surface area contributed by atoms with E-state index in [1.54, 1.807) is 11.3 Å². The Hall–Kier alpha value is -2.46. The normalized spacial score (nSPS) is 14.8. The Morgan fingerprint density at radius 3 is 2.78 bits per heavy atom. The second kappa shape index (κ2) is 5.97. The van der Waals surface area contributed by atoms with E-state index in [0.29, 0.717) is 6.54 Å². The van der Waals surface area contributed by atoms with Gasteiger partial charge in [-0.2, -0.15) is 0 Å². The zero-order valence-electron chi connectivity index (χ0n) is 12.6. The lowest BCUT2D eigenvalue weighted by atomic mass is 9.99. The molecule has 0 spiro atoms. The van der Waals surface area contributed by atoms with E-state index >= 15 is 0 Å². The number of carbonyl (C=O) groups is 1. The van der Waals surface area contributed by atoms with E-state index in [0.717, 1.165) is 28.7 Å². The van der Waals surface area contributed by atoms with Gasteiger partial charge < -0.3 is 4.90 Å². The lowest BCUT2D eigenvalue weighted by molar-refractivity contribution is 0.0773. The molecule has 1 aromatic heterocycles. The van der Waals surface area contributed by atoms with Gasteiger partial charge >= 0.3 is 0 Å². The van der Waals surface area contributed by atoms with Crippen molar-refractivity contribution in [3.05, 3.63) is 71.2 Å². The highest BCUT2D eigenvalue weighted by Crippen LogP contribution is 2.24. The molecule has 1 aliphatic heterocycles. The fourth-order valence-corrected chi connectivity index (χ4v) is 3.66. The van der Waals surface area contributed by atoms with Crippen LogP contribution in [0.1, 0.15) is 22.3 Å². The molecule has 0 saturated heterocycles. The third kappa shape index (κ3) is 2.78. The summed E-state index contributed by atoms with van der Waals surface area (Å²) in [5.41, 5.74) is 6.10. The van der Waals surface area contributed by atoms with Crippen molar-refractivity contribution >= 4 is 33.0 Å². The number of hydrogen-bond donors (Lipinski definition) is 0. The number of amides is 1. The first-order chi connectivity index (χ1) is 11.3. The first-order valence-electron chi connectivity index (χ1n) is 7.68. The van der Waals surface area contributed by atoms with Crippen molar-refractivity contribution in [2.75, 3.05) is 13.1 Å². The Kier molecular flexibility index (Phi) is 3.67. The van der Waals surface area contributed by atoms with Crippen LogP contribution in [0, 0.1) is 0 Å². The molecule has 3 nitrogen and oxygen atoms in total. The minimum Gasteiger partial charge on any atom is -0.335 e. The van der Waals surface area contributed by atoms with E-state index in [9.17, 15) is 4.79 Å². The fraction of sp³-hybridized carbons (Fsp3) is 0.158. The minimum absolute atomic E-state index is 0.101. The standard InChI is InChI=1S/C19H16N2OS/c22-19(16-6-7-17-18(12-16)23-13-20-17)21-10-8-15(9-11-21)14-4-2-1-3-5-14/h1-8,12-13H,9-11H2. The number of carbonyl (C=O) groups excluding carboxylic acids is 1. The van der Waals surface area contributed by atoms with Crippen molar-refractivity contribution < 1.29 is 4.79 Å². The van der Waals surface area contributed by atoms with Crippen molar-refractivity contribution in [2.45, 2.75) is 6.42 Å². The number of thiazole rings is 1. The monoisotopic (exact) mass is 320 g/mol. The van der Waals surface area contributed by atoms with Gasteiger partial charge in [0.25, 0.3) is 5.91 Å². The molecule has 23 heavy (non-hydrogen) atoms. The molecule has 0 radical (unpaired) electrons. The van der Waals surface area contributed by atoms with Gasteiger partial charge in [-0.15, -0.1) is 11.3 Å². The van der Waals surface area contributed by atoms with Crippen LogP contribution in [0.5, 0.6) is 0 Å². The summed E-state index contributed by atoms with van der Waals surface area (Å²) in [7, 11) is 0. The highest BCUT2D eigenvalue weighted by molar-refractivity contribution is 7.16.